The first kappa shape index (κ1) is 13.5. The lowest BCUT2D eigenvalue weighted by molar-refractivity contribution is 0.898. The van der Waals surface area contributed by atoms with E-state index in [9.17, 15) is 0 Å². The van der Waals surface area contributed by atoms with Crippen LogP contribution in [0.25, 0.3) is 16.9 Å². The number of nitrogens with one attached hydrogen (secondary N) is 1. The third kappa shape index (κ3) is 2.31. The van der Waals surface area contributed by atoms with E-state index in [0.717, 1.165) is 34.2 Å². The first-order valence-electron chi connectivity index (χ1n) is 6.55. The molecule has 20 heavy (non-hydrogen) atoms. The van der Waals surface area contributed by atoms with Crippen LogP contribution in [-0.4, -0.2) is 14.5 Å². The second-order valence-electron chi connectivity index (χ2n) is 4.67. The summed E-state index contributed by atoms with van der Waals surface area (Å²) >= 11 is 8.91. The minimum Gasteiger partial charge on any atom is -0.329 e. The van der Waals surface area contributed by atoms with Crippen molar-refractivity contribution < 1.29 is 0 Å². The molecule has 0 spiro atoms. The zero-order valence-electron chi connectivity index (χ0n) is 11.1. The van der Waals surface area contributed by atoms with Gasteiger partial charge in [-0.05, 0) is 52.3 Å². The van der Waals surface area contributed by atoms with E-state index < -0.39 is 0 Å². The van der Waals surface area contributed by atoms with Gasteiger partial charge in [-0.3, -0.25) is 4.57 Å². The number of rotatable bonds is 3. The van der Waals surface area contributed by atoms with Crippen LogP contribution in [0.5, 0.6) is 0 Å². The number of aromatic nitrogens is 3. The van der Waals surface area contributed by atoms with Crippen molar-refractivity contribution in [3.63, 3.8) is 0 Å². The maximum atomic E-state index is 5.47. The largest absolute Gasteiger partial charge is 0.329 e. The second kappa shape index (κ2) is 5.50. The number of imidazole rings is 1. The highest BCUT2D eigenvalue weighted by Crippen LogP contribution is 2.23. The van der Waals surface area contributed by atoms with Crippen molar-refractivity contribution >= 4 is 39.3 Å². The van der Waals surface area contributed by atoms with Gasteiger partial charge >= 0.3 is 0 Å². The first-order chi connectivity index (χ1) is 9.70. The van der Waals surface area contributed by atoms with Gasteiger partial charge in [-0.25, -0.2) is 4.98 Å². The molecule has 0 bridgehead atoms. The Hall–Kier alpha value is -1.46. The van der Waals surface area contributed by atoms with Gasteiger partial charge in [0.2, 0.25) is 0 Å². The Morgan fingerprint density at radius 3 is 2.95 bits per heavy atom. The third-order valence-electron chi connectivity index (χ3n) is 3.24. The number of fused-ring (bicyclic) bond motifs is 1. The quantitative estimate of drug-likeness (QED) is 0.690. The number of halogens is 1. The van der Waals surface area contributed by atoms with Gasteiger partial charge in [0, 0.05) is 10.7 Å². The van der Waals surface area contributed by atoms with Crippen LogP contribution in [0.15, 0.2) is 41.0 Å². The molecule has 0 aliphatic rings. The zero-order chi connectivity index (χ0) is 14.1. The van der Waals surface area contributed by atoms with Crippen molar-refractivity contribution in [2.24, 2.45) is 0 Å². The molecule has 0 radical (unpaired) electrons. The standard InChI is InChI=1S/C15H14BrN3S/c1-2-5-10-6-3-4-7-13(10)19-14-12(18-15(19)20)8-11(16)9-17-14/h3-4,6-9H,2,5H2,1H3,(H,18,20). The van der Waals surface area contributed by atoms with Gasteiger partial charge < -0.3 is 4.98 Å². The van der Waals surface area contributed by atoms with E-state index in [1.54, 1.807) is 6.20 Å². The smallest absolute Gasteiger partial charge is 0.184 e. The van der Waals surface area contributed by atoms with E-state index in [-0.39, 0.29) is 0 Å². The molecule has 1 aromatic carbocycles. The monoisotopic (exact) mass is 347 g/mol. The molecule has 102 valence electrons. The van der Waals surface area contributed by atoms with Gasteiger partial charge in [-0.2, -0.15) is 0 Å². The van der Waals surface area contributed by atoms with Crippen molar-refractivity contribution in [1.82, 2.24) is 14.5 Å². The van der Waals surface area contributed by atoms with Crippen LogP contribution >= 0.6 is 28.1 Å². The summed E-state index contributed by atoms with van der Waals surface area (Å²) in [5, 5.41) is 0. The van der Waals surface area contributed by atoms with Crippen molar-refractivity contribution in [1.29, 1.82) is 0 Å². The Kier molecular flexibility index (Phi) is 3.72. The molecule has 0 fully saturated rings. The fourth-order valence-electron chi connectivity index (χ4n) is 2.40. The number of benzene rings is 1. The summed E-state index contributed by atoms with van der Waals surface area (Å²) in [6, 6.07) is 10.3. The molecular weight excluding hydrogens is 334 g/mol. The Morgan fingerprint density at radius 1 is 1.35 bits per heavy atom. The molecule has 1 N–H and O–H groups in total. The number of hydrogen-bond acceptors (Lipinski definition) is 2. The van der Waals surface area contributed by atoms with Crippen LogP contribution in [-0.2, 0) is 6.42 Å². The molecular formula is C15H14BrN3S. The fraction of sp³-hybridized carbons (Fsp3) is 0.200. The minimum atomic E-state index is 0.675. The Bertz CT molecular complexity index is 819. The van der Waals surface area contributed by atoms with Crippen molar-refractivity contribution in [2.75, 3.05) is 0 Å². The molecule has 0 saturated carbocycles. The first-order valence-corrected chi connectivity index (χ1v) is 7.75. The van der Waals surface area contributed by atoms with E-state index in [2.05, 4.69) is 51.0 Å². The average Bonchev–Trinajstić information content (AvgIpc) is 2.75. The minimum absolute atomic E-state index is 0.675. The molecule has 0 atom stereocenters. The predicted molar refractivity (Wildman–Crippen MR) is 87.9 cm³/mol. The molecule has 2 aromatic heterocycles. The van der Waals surface area contributed by atoms with Crippen LogP contribution in [0, 0.1) is 4.77 Å². The van der Waals surface area contributed by atoms with E-state index in [4.69, 9.17) is 12.2 Å². The molecule has 3 nitrogen and oxygen atoms in total. The number of nitrogens with zero attached hydrogens (tertiary/aromatic N) is 2. The lowest BCUT2D eigenvalue weighted by Crippen LogP contribution is -2.00. The molecule has 2 heterocycles. The third-order valence-corrected chi connectivity index (χ3v) is 3.96. The Morgan fingerprint density at radius 2 is 2.15 bits per heavy atom. The highest BCUT2D eigenvalue weighted by atomic mass is 79.9. The Balaban J connectivity index is 2.30. The lowest BCUT2D eigenvalue weighted by Gasteiger charge is -2.10. The molecule has 0 aliphatic carbocycles. The summed E-state index contributed by atoms with van der Waals surface area (Å²) in [6.45, 7) is 2.18. The van der Waals surface area contributed by atoms with Crippen molar-refractivity contribution in [2.45, 2.75) is 19.8 Å². The molecule has 3 aromatic rings. The summed E-state index contributed by atoms with van der Waals surface area (Å²) < 4.78 is 3.63. The summed E-state index contributed by atoms with van der Waals surface area (Å²) in [7, 11) is 0. The SMILES string of the molecule is CCCc1ccccc1-n1c(=S)[nH]c2cc(Br)cnc21. The molecule has 0 unspecified atom stereocenters. The van der Waals surface area contributed by atoms with Gasteiger partial charge in [0.05, 0.1) is 11.2 Å². The number of hydrogen-bond donors (Lipinski definition) is 1. The van der Waals surface area contributed by atoms with E-state index >= 15 is 0 Å². The van der Waals surface area contributed by atoms with Crippen LogP contribution in [0.1, 0.15) is 18.9 Å². The van der Waals surface area contributed by atoms with Gasteiger partial charge in [-0.15, -0.1) is 0 Å². The molecule has 5 heteroatoms. The number of aryl methyl sites for hydroxylation is 1. The van der Waals surface area contributed by atoms with Gasteiger partial charge in [-0.1, -0.05) is 31.5 Å². The highest BCUT2D eigenvalue weighted by molar-refractivity contribution is 9.10. The normalized spacial score (nSPS) is 11.1. The summed E-state index contributed by atoms with van der Waals surface area (Å²) in [4.78, 5) is 7.72. The van der Waals surface area contributed by atoms with Crippen molar-refractivity contribution in [3.8, 4) is 5.69 Å². The summed E-state index contributed by atoms with van der Waals surface area (Å²) in [6.07, 6.45) is 3.93. The fourth-order valence-corrected chi connectivity index (χ4v) is 3.03. The van der Waals surface area contributed by atoms with Crippen LogP contribution in [0.4, 0.5) is 0 Å². The van der Waals surface area contributed by atoms with Crippen molar-refractivity contribution in [3.05, 3.63) is 51.3 Å². The van der Waals surface area contributed by atoms with Crippen LogP contribution < -0.4 is 0 Å². The van der Waals surface area contributed by atoms with Crippen LogP contribution in [0.3, 0.4) is 0 Å². The van der Waals surface area contributed by atoms with E-state index in [1.807, 2.05) is 16.7 Å². The van der Waals surface area contributed by atoms with Gasteiger partial charge in [0.25, 0.3) is 0 Å². The molecule has 0 saturated heterocycles. The predicted octanol–water partition coefficient (Wildman–Crippen LogP) is 4.80. The molecule has 0 amide bonds. The maximum absolute atomic E-state index is 5.47. The number of aromatic amines is 1. The highest BCUT2D eigenvalue weighted by Gasteiger charge is 2.11. The van der Waals surface area contributed by atoms with Crippen LogP contribution in [0.2, 0.25) is 0 Å². The van der Waals surface area contributed by atoms with Gasteiger partial charge in [0.15, 0.2) is 10.4 Å². The maximum Gasteiger partial charge on any atom is 0.184 e. The zero-order valence-corrected chi connectivity index (χ0v) is 13.5. The number of H-pyrrole nitrogens is 1. The van der Waals surface area contributed by atoms with E-state index in [0.29, 0.717) is 4.77 Å². The van der Waals surface area contributed by atoms with Gasteiger partial charge in [0.1, 0.15) is 0 Å². The van der Waals surface area contributed by atoms with E-state index in [1.165, 1.54) is 5.56 Å². The summed E-state index contributed by atoms with van der Waals surface area (Å²) in [5.41, 5.74) is 4.20. The molecule has 3 rings (SSSR count). The second-order valence-corrected chi connectivity index (χ2v) is 5.97. The topological polar surface area (TPSA) is 33.6 Å². The summed E-state index contributed by atoms with van der Waals surface area (Å²) in [5.74, 6) is 0. The molecule has 0 aliphatic heterocycles. The lowest BCUT2D eigenvalue weighted by atomic mass is 10.1. The number of pyridine rings is 1. The Labute approximate surface area is 130 Å². The average molecular weight is 348 g/mol. The number of para-hydroxylation sites is 1.